The van der Waals surface area contributed by atoms with E-state index < -0.39 is 5.97 Å². The molecule has 5 rings (SSSR count). The summed E-state index contributed by atoms with van der Waals surface area (Å²) in [6, 6.07) is 22.4. The van der Waals surface area contributed by atoms with Crippen molar-refractivity contribution in [1.29, 1.82) is 0 Å². The molecular weight excluding hydrogens is 460 g/mol. The van der Waals surface area contributed by atoms with E-state index in [1.165, 1.54) is 35.0 Å². The lowest BCUT2D eigenvalue weighted by atomic mass is 9.96. The number of rotatable bonds is 7. The van der Waals surface area contributed by atoms with Crippen LogP contribution in [0.2, 0.25) is 0 Å². The van der Waals surface area contributed by atoms with Gasteiger partial charge in [-0.2, -0.15) is 0 Å². The highest BCUT2D eigenvalue weighted by molar-refractivity contribution is 7.99. The molecule has 0 saturated carbocycles. The number of hydrogen-bond donors (Lipinski definition) is 1. The smallest absolute Gasteiger partial charge is 0.359 e. The molecule has 3 aromatic carbocycles. The van der Waals surface area contributed by atoms with Crippen molar-refractivity contribution in [3.05, 3.63) is 83.6 Å². The van der Waals surface area contributed by atoms with Gasteiger partial charge in [-0.25, -0.2) is 9.48 Å². The highest BCUT2D eigenvalue weighted by atomic mass is 32.2. The van der Waals surface area contributed by atoms with Gasteiger partial charge in [0, 0.05) is 24.2 Å². The van der Waals surface area contributed by atoms with Gasteiger partial charge in [-0.3, -0.25) is 0 Å². The lowest BCUT2D eigenvalue weighted by Crippen LogP contribution is -2.24. The Labute approximate surface area is 208 Å². The van der Waals surface area contributed by atoms with Gasteiger partial charge in [0.1, 0.15) is 10.8 Å². The Morgan fingerprint density at radius 1 is 1.06 bits per heavy atom. The van der Waals surface area contributed by atoms with Crippen LogP contribution >= 0.6 is 11.8 Å². The summed E-state index contributed by atoms with van der Waals surface area (Å²) >= 11 is 1.36. The number of aromatic carboxylic acids is 1. The molecule has 0 fully saturated rings. The third-order valence-electron chi connectivity index (χ3n) is 6.22. The minimum absolute atomic E-state index is 0.0496. The fraction of sp³-hybridized carbons (Fsp3) is 0.222. The Bertz CT molecular complexity index is 1350. The highest BCUT2D eigenvalue weighted by Crippen LogP contribution is 2.34. The van der Waals surface area contributed by atoms with Crippen LogP contribution in [-0.4, -0.2) is 46.8 Å². The third kappa shape index (κ3) is 4.88. The van der Waals surface area contributed by atoms with Crippen LogP contribution in [0.3, 0.4) is 0 Å². The average molecular weight is 487 g/mol. The van der Waals surface area contributed by atoms with Gasteiger partial charge in [0.2, 0.25) is 5.69 Å². The fourth-order valence-electron chi connectivity index (χ4n) is 4.34. The second kappa shape index (κ2) is 9.84. The summed E-state index contributed by atoms with van der Waals surface area (Å²) in [5.41, 5.74) is 5.94. The number of aromatic nitrogens is 3. The van der Waals surface area contributed by atoms with Crippen molar-refractivity contribution in [3.8, 4) is 16.9 Å². The summed E-state index contributed by atoms with van der Waals surface area (Å²) in [6.07, 6.45) is 2.28. The molecule has 0 amide bonds. The highest BCUT2D eigenvalue weighted by Gasteiger charge is 2.21. The first kappa shape index (κ1) is 23.0. The van der Waals surface area contributed by atoms with E-state index >= 15 is 0 Å². The number of aryl methyl sites for hydroxylation is 1. The van der Waals surface area contributed by atoms with Crippen molar-refractivity contribution >= 4 is 23.4 Å². The minimum atomic E-state index is -1.09. The molecule has 1 aromatic heterocycles. The van der Waals surface area contributed by atoms with Crippen LogP contribution < -0.4 is 9.64 Å². The van der Waals surface area contributed by atoms with E-state index in [1.54, 1.807) is 11.8 Å². The monoisotopic (exact) mass is 486 g/mol. The minimum Gasteiger partial charge on any atom is -0.497 e. The molecule has 178 valence electrons. The average Bonchev–Trinajstić information content (AvgIpc) is 3.27. The van der Waals surface area contributed by atoms with Crippen LogP contribution in [0.1, 0.15) is 28.0 Å². The number of carbonyl (C=O) groups is 1. The van der Waals surface area contributed by atoms with Crippen molar-refractivity contribution in [1.82, 2.24) is 15.0 Å². The number of carboxylic acid groups (broad SMARTS) is 1. The lowest BCUT2D eigenvalue weighted by Gasteiger charge is -2.27. The van der Waals surface area contributed by atoms with E-state index in [0.717, 1.165) is 34.7 Å². The molecule has 0 unspecified atom stereocenters. The first-order valence-electron chi connectivity index (χ1n) is 11.4. The zero-order valence-electron chi connectivity index (χ0n) is 19.6. The molecule has 1 aliphatic heterocycles. The van der Waals surface area contributed by atoms with Crippen LogP contribution in [0.4, 0.5) is 5.69 Å². The topological polar surface area (TPSA) is 80.5 Å². The molecule has 0 radical (unpaired) electrons. The predicted molar refractivity (Wildman–Crippen MR) is 137 cm³/mol. The maximum Gasteiger partial charge on any atom is 0.359 e. The van der Waals surface area contributed by atoms with Crippen molar-refractivity contribution in [3.63, 3.8) is 0 Å². The Morgan fingerprint density at radius 3 is 2.51 bits per heavy atom. The molecular formula is C27H26N4O3S. The van der Waals surface area contributed by atoms with Gasteiger partial charge < -0.3 is 14.7 Å². The first-order chi connectivity index (χ1) is 17.0. The molecule has 0 atom stereocenters. The Kier molecular flexibility index (Phi) is 6.46. The van der Waals surface area contributed by atoms with E-state index in [-0.39, 0.29) is 5.69 Å². The van der Waals surface area contributed by atoms with E-state index in [1.807, 2.05) is 36.4 Å². The van der Waals surface area contributed by atoms with E-state index in [9.17, 15) is 9.90 Å². The van der Waals surface area contributed by atoms with Crippen molar-refractivity contribution in [2.45, 2.75) is 29.3 Å². The Hall–Kier alpha value is -3.78. The molecule has 0 spiro atoms. The molecule has 35 heavy (non-hydrogen) atoms. The molecule has 1 aliphatic rings. The Morgan fingerprint density at radius 2 is 1.80 bits per heavy atom. The second-order valence-corrected chi connectivity index (χ2v) is 9.61. The molecule has 1 N–H and O–H groups in total. The lowest BCUT2D eigenvalue weighted by molar-refractivity contribution is 0.0686. The number of ether oxygens (including phenoxy) is 1. The largest absolute Gasteiger partial charge is 0.497 e. The molecule has 4 aromatic rings. The first-order valence-corrected chi connectivity index (χ1v) is 12.3. The molecule has 2 heterocycles. The maximum absolute atomic E-state index is 11.8. The van der Waals surface area contributed by atoms with Crippen LogP contribution in [-0.2, 0) is 13.0 Å². The van der Waals surface area contributed by atoms with Crippen molar-refractivity contribution < 1.29 is 14.6 Å². The number of methoxy groups -OCH3 is 1. The summed E-state index contributed by atoms with van der Waals surface area (Å²) in [4.78, 5) is 15.0. The number of benzene rings is 3. The normalized spacial score (nSPS) is 12.9. The van der Waals surface area contributed by atoms with E-state index in [0.29, 0.717) is 11.6 Å². The second-order valence-electron chi connectivity index (χ2n) is 8.55. The Balaban J connectivity index is 1.38. The van der Waals surface area contributed by atoms with Crippen molar-refractivity contribution in [2.24, 2.45) is 0 Å². The van der Waals surface area contributed by atoms with Gasteiger partial charge in [-0.05, 0) is 71.5 Å². The maximum atomic E-state index is 11.8. The van der Waals surface area contributed by atoms with E-state index in [2.05, 4.69) is 52.6 Å². The number of hydrogen-bond acceptors (Lipinski definition) is 6. The molecule has 0 saturated heterocycles. The summed E-state index contributed by atoms with van der Waals surface area (Å²) in [6.45, 7) is 1.51. The van der Waals surface area contributed by atoms with Gasteiger partial charge in [-0.15, -0.1) is 5.10 Å². The molecule has 0 bridgehead atoms. The number of carboxylic acids is 1. The summed E-state index contributed by atoms with van der Waals surface area (Å²) in [5.74, 6) is -0.330. The van der Waals surface area contributed by atoms with Gasteiger partial charge in [0.15, 0.2) is 0 Å². The summed E-state index contributed by atoms with van der Waals surface area (Å²) in [5, 5.41) is 18.2. The summed E-state index contributed by atoms with van der Waals surface area (Å²) in [7, 11) is 3.76. The standard InChI is InChI=1S/C27H26N4O3S/c1-30-15-3-4-21-16-20(9-14-24(21)30)19-7-12-23(13-8-19)35-26-25(27(32)33)28-29-31(26)17-18-5-10-22(34-2)11-6-18/h5-14,16H,3-4,15,17H2,1-2H3,(H,32,33). The number of anilines is 1. The zero-order valence-corrected chi connectivity index (χ0v) is 20.5. The molecule has 8 heteroatoms. The number of fused-ring (bicyclic) bond motifs is 1. The van der Waals surface area contributed by atoms with Crippen molar-refractivity contribution in [2.75, 3.05) is 25.6 Å². The molecule has 0 aliphatic carbocycles. The number of nitrogens with zero attached hydrogens (tertiary/aromatic N) is 4. The van der Waals surface area contributed by atoms with Gasteiger partial charge in [-0.1, -0.05) is 47.3 Å². The van der Waals surface area contributed by atoms with Crippen LogP contribution in [0, 0.1) is 0 Å². The third-order valence-corrected chi connectivity index (χ3v) is 7.32. The SMILES string of the molecule is COc1ccc(Cn2nnc(C(=O)O)c2Sc2ccc(-c3ccc4c(c3)CCCN4C)cc2)cc1. The van der Waals surface area contributed by atoms with Crippen LogP contribution in [0.25, 0.3) is 11.1 Å². The van der Waals surface area contributed by atoms with E-state index in [4.69, 9.17) is 4.74 Å². The molecule has 7 nitrogen and oxygen atoms in total. The summed E-state index contributed by atoms with van der Waals surface area (Å²) < 4.78 is 6.84. The van der Waals surface area contributed by atoms with Gasteiger partial charge in [0.25, 0.3) is 0 Å². The predicted octanol–water partition coefficient (Wildman–Crippen LogP) is 5.23. The van der Waals surface area contributed by atoms with Crippen LogP contribution in [0.15, 0.2) is 76.7 Å². The van der Waals surface area contributed by atoms with Gasteiger partial charge >= 0.3 is 5.97 Å². The quantitative estimate of drug-likeness (QED) is 0.383. The zero-order chi connectivity index (χ0) is 24.4. The fourth-order valence-corrected chi connectivity index (χ4v) is 5.27. The van der Waals surface area contributed by atoms with Crippen LogP contribution in [0.5, 0.6) is 5.75 Å². The van der Waals surface area contributed by atoms with Gasteiger partial charge in [0.05, 0.1) is 13.7 Å².